The molecule has 64 valence electrons. The molecule has 2 heteroatoms. The van der Waals surface area contributed by atoms with Crippen molar-refractivity contribution in [2.45, 2.75) is 39.0 Å². The van der Waals surface area contributed by atoms with E-state index in [-0.39, 0.29) is 0 Å². The molecule has 2 nitrogen and oxygen atoms in total. The molecule has 11 heavy (non-hydrogen) atoms. The molecule has 0 aromatic heterocycles. The monoisotopic (exact) mass is 154 g/mol. The highest BCUT2D eigenvalue weighted by Crippen LogP contribution is 2.00. The number of rotatable bonds is 6. The molecule has 0 aliphatic heterocycles. The SMILES string of the molecule is CC#CCCCCCCNN. The zero-order valence-electron chi connectivity index (χ0n) is 7.32. The van der Waals surface area contributed by atoms with Crippen molar-refractivity contribution in [1.82, 2.24) is 5.43 Å². The average molecular weight is 154 g/mol. The molecule has 0 saturated heterocycles. The molecule has 0 aliphatic rings. The van der Waals surface area contributed by atoms with Crippen LogP contribution in [0.4, 0.5) is 0 Å². The molecule has 0 aliphatic carbocycles. The molecule has 0 radical (unpaired) electrons. The summed E-state index contributed by atoms with van der Waals surface area (Å²) < 4.78 is 0. The van der Waals surface area contributed by atoms with E-state index in [9.17, 15) is 0 Å². The first-order chi connectivity index (χ1) is 5.41. The molecule has 0 aromatic rings. The number of hydrogen-bond acceptors (Lipinski definition) is 2. The first-order valence-corrected chi connectivity index (χ1v) is 4.25. The van der Waals surface area contributed by atoms with Gasteiger partial charge in [-0.15, -0.1) is 11.8 Å². The van der Waals surface area contributed by atoms with Crippen molar-refractivity contribution in [3.05, 3.63) is 0 Å². The first-order valence-electron chi connectivity index (χ1n) is 4.25. The summed E-state index contributed by atoms with van der Waals surface area (Å²) in [7, 11) is 0. The van der Waals surface area contributed by atoms with Crippen molar-refractivity contribution in [2.75, 3.05) is 6.54 Å². The summed E-state index contributed by atoms with van der Waals surface area (Å²) in [6.45, 7) is 2.82. The van der Waals surface area contributed by atoms with E-state index in [4.69, 9.17) is 5.84 Å². The van der Waals surface area contributed by atoms with Crippen LogP contribution in [0.5, 0.6) is 0 Å². The van der Waals surface area contributed by atoms with Crippen LogP contribution >= 0.6 is 0 Å². The molecule has 0 amide bonds. The van der Waals surface area contributed by atoms with E-state index in [1.165, 1.54) is 25.7 Å². The van der Waals surface area contributed by atoms with E-state index >= 15 is 0 Å². The Bertz CT molecular complexity index is 121. The largest absolute Gasteiger partial charge is 0.271 e. The molecule has 0 rings (SSSR count). The molecular weight excluding hydrogens is 136 g/mol. The Morgan fingerprint density at radius 3 is 2.55 bits per heavy atom. The minimum Gasteiger partial charge on any atom is -0.271 e. The van der Waals surface area contributed by atoms with Gasteiger partial charge in [-0.1, -0.05) is 12.8 Å². The van der Waals surface area contributed by atoms with E-state index in [1.807, 2.05) is 6.92 Å². The number of hydrogen-bond donors (Lipinski definition) is 2. The zero-order chi connectivity index (χ0) is 8.36. The zero-order valence-corrected chi connectivity index (χ0v) is 7.32. The van der Waals surface area contributed by atoms with Gasteiger partial charge in [0.25, 0.3) is 0 Å². The summed E-state index contributed by atoms with van der Waals surface area (Å²) in [5.74, 6) is 11.1. The lowest BCUT2D eigenvalue weighted by atomic mass is 10.1. The molecule has 3 N–H and O–H groups in total. The first kappa shape index (κ1) is 10.5. The van der Waals surface area contributed by atoms with Gasteiger partial charge in [0.1, 0.15) is 0 Å². The van der Waals surface area contributed by atoms with Crippen molar-refractivity contribution in [3.63, 3.8) is 0 Å². The molecule has 0 bridgehead atoms. The summed E-state index contributed by atoms with van der Waals surface area (Å²) in [6, 6.07) is 0. The molecule has 0 atom stereocenters. The van der Waals surface area contributed by atoms with Crippen molar-refractivity contribution in [3.8, 4) is 11.8 Å². The number of hydrazine groups is 1. The summed E-state index contributed by atoms with van der Waals surface area (Å²) >= 11 is 0. The van der Waals surface area contributed by atoms with Crippen LogP contribution in [0.2, 0.25) is 0 Å². The van der Waals surface area contributed by atoms with Crippen LogP contribution in [0.3, 0.4) is 0 Å². The summed E-state index contributed by atoms with van der Waals surface area (Å²) in [5, 5.41) is 0. The molecule has 0 heterocycles. The Morgan fingerprint density at radius 2 is 1.91 bits per heavy atom. The second-order valence-corrected chi connectivity index (χ2v) is 2.55. The molecule has 0 aromatic carbocycles. The lowest BCUT2D eigenvalue weighted by Crippen LogP contribution is -2.22. The van der Waals surface area contributed by atoms with Crippen molar-refractivity contribution >= 4 is 0 Å². The van der Waals surface area contributed by atoms with Crippen molar-refractivity contribution in [2.24, 2.45) is 5.84 Å². The van der Waals surface area contributed by atoms with Gasteiger partial charge in [0.05, 0.1) is 0 Å². The van der Waals surface area contributed by atoms with E-state index < -0.39 is 0 Å². The number of nitrogens with two attached hydrogens (primary N) is 1. The van der Waals surface area contributed by atoms with Gasteiger partial charge in [-0.05, 0) is 19.8 Å². The van der Waals surface area contributed by atoms with Gasteiger partial charge in [0.2, 0.25) is 0 Å². The van der Waals surface area contributed by atoms with Crippen LogP contribution in [-0.2, 0) is 0 Å². The summed E-state index contributed by atoms with van der Waals surface area (Å²) in [5.41, 5.74) is 2.64. The Morgan fingerprint density at radius 1 is 1.18 bits per heavy atom. The predicted octanol–water partition coefficient (Wildman–Crippen LogP) is 1.42. The average Bonchev–Trinajstić information content (AvgIpc) is 2.03. The highest BCUT2D eigenvalue weighted by molar-refractivity contribution is 4.94. The van der Waals surface area contributed by atoms with E-state index in [2.05, 4.69) is 17.3 Å². The lowest BCUT2D eigenvalue weighted by Gasteiger charge is -1.97. The summed E-state index contributed by atoms with van der Waals surface area (Å²) in [6.07, 6.45) is 5.99. The van der Waals surface area contributed by atoms with Crippen LogP contribution < -0.4 is 11.3 Å². The Kier molecular flexibility index (Phi) is 9.03. The normalized spacial score (nSPS) is 8.91. The lowest BCUT2D eigenvalue weighted by molar-refractivity contribution is 0.605. The van der Waals surface area contributed by atoms with Gasteiger partial charge in [0, 0.05) is 13.0 Å². The van der Waals surface area contributed by atoms with E-state index in [0.717, 1.165) is 13.0 Å². The number of nitrogens with one attached hydrogen (secondary N) is 1. The van der Waals surface area contributed by atoms with Gasteiger partial charge in [0.15, 0.2) is 0 Å². The second-order valence-electron chi connectivity index (χ2n) is 2.55. The maximum Gasteiger partial charge on any atom is 0.00974 e. The topological polar surface area (TPSA) is 38.0 Å². The fourth-order valence-electron chi connectivity index (χ4n) is 0.919. The third kappa shape index (κ3) is 9.48. The highest BCUT2D eigenvalue weighted by atomic mass is 15.2. The predicted molar refractivity (Wildman–Crippen MR) is 48.7 cm³/mol. The molecule has 0 spiro atoms. The number of unbranched alkanes of at least 4 members (excludes halogenated alkanes) is 4. The van der Waals surface area contributed by atoms with Crippen LogP contribution in [0.15, 0.2) is 0 Å². The highest BCUT2D eigenvalue weighted by Gasteiger charge is 1.86. The molecule has 0 fully saturated rings. The fourth-order valence-corrected chi connectivity index (χ4v) is 0.919. The van der Waals surface area contributed by atoms with Crippen LogP contribution in [0, 0.1) is 11.8 Å². The second kappa shape index (κ2) is 9.48. The third-order valence-corrected chi connectivity index (χ3v) is 1.55. The minimum absolute atomic E-state index is 0.930. The van der Waals surface area contributed by atoms with Crippen LogP contribution in [-0.4, -0.2) is 6.54 Å². The fraction of sp³-hybridized carbons (Fsp3) is 0.778. The smallest absolute Gasteiger partial charge is 0.00974 e. The van der Waals surface area contributed by atoms with E-state index in [0.29, 0.717) is 0 Å². The quantitative estimate of drug-likeness (QED) is 0.263. The maximum absolute atomic E-state index is 5.12. The third-order valence-electron chi connectivity index (χ3n) is 1.55. The Labute approximate surface area is 69.5 Å². The Hall–Kier alpha value is -0.520. The van der Waals surface area contributed by atoms with Gasteiger partial charge < -0.3 is 0 Å². The maximum atomic E-state index is 5.12. The summed E-state index contributed by atoms with van der Waals surface area (Å²) in [4.78, 5) is 0. The molecular formula is C9H18N2. The standard InChI is InChI=1S/C9H18N2/c1-2-3-4-5-6-7-8-9-11-10/h11H,4-10H2,1H3. The molecule has 0 unspecified atom stereocenters. The minimum atomic E-state index is 0.930. The van der Waals surface area contributed by atoms with Crippen LogP contribution in [0.1, 0.15) is 39.0 Å². The van der Waals surface area contributed by atoms with Gasteiger partial charge in [-0.2, -0.15) is 0 Å². The van der Waals surface area contributed by atoms with Gasteiger partial charge >= 0.3 is 0 Å². The van der Waals surface area contributed by atoms with Crippen molar-refractivity contribution < 1.29 is 0 Å². The van der Waals surface area contributed by atoms with Crippen molar-refractivity contribution in [1.29, 1.82) is 0 Å². The van der Waals surface area contributed by atoms with E-state index in [1.54, 1.807) is 0 Å². The van der Waals surface area contributed by atoms with Gasteiger partial charge in [-0.25, -0.2) is 0 Å². The van der Waals surface area contributed by atoms with Crippen LogP contribution in [0.25, 0.3) is 0 Å². The van der Waals surface area contributed by atoms with Gasteiger partial charge in [-0.3, -0.25) is 11.3 Å². The molecule has 0 saturated carbocycles. The Balaban J connectivity index is 2.83.